The molecular formula is C18H24ClN5O2. The third-order valence-electron chi connectivity index (χ3n) is 4.25. The fraction of sp³-hybridized carbons (Fsp3) is 0.556. The van der Waals surface area contributed by atoms with Crippen LogP contribution in [0.25, 0.3) is 11.2 Å². The van der Waals surface area contributed by atoms with E-state index in [1.54, 1.807) is 12.3 Å². The first-order valence-corrected chi connectivity index (χ1v) is 9.14. The molecule has 0 saturated carbocycles. The lowest BCUT2D eigenvalue weighted by Crippen LogP contribution is -2.50. The molecular weight excluding hydrogens is 354 g/mol. The van der Waals surface area contributed by atoms with Crippen molar-refractivity contribution in [1.82, 2.24) is 20.3 Å². The minimum Gasteiger partial charge on any atom is -0.444 e. The van der Waals surface area contributed by atoms with Gasteiger partial charge in [-0.15, -0.1) is 0 Å². The zero-order chi connectivity index (χ0) is 18.9. The van der Waals surface area contributed by atoms with Crippen LogP contribution in [0.1, 0.15) is 40.5 Å². The molecule has 2 aromatic rings. The summed E-state index contributed by atoms with van der Waals surface area (Å²) in [6, 6.07) is 3.84. The normalized spacial score (nSPS) is 20.9. The van der Waals surface area contributed by atoms with E-state index in [0.29, 0.717) is 16.3 Å². The van der Waals surface area contributed by atoms with Crippen LogP contribution in [0.4, 0.5) is 10.6 Å². The van der Waals surface area contributed by atoms with E-state index < -0.39 is 5.60 Å². The summed E-state index contributed by atoms with van der Waals surface area (Å²) in [4.78, 5) is 27.4. The van der Waals surface area contributed by atoms with Crippen molar-refractivity contribution >= 4 is 34.7 Å². The number of ether oxygens (including phenoxy) is 1. The van der Waals surface area contributed by atoms with Crippen molar-refractivity contribution < 1.29 is 9.53 Å². The van der Waals surface area contributed by atoms with Gasteiger partial charge in [-0.2, -0.15) is 0 Å². The van der Waals surface area contributed by atoms with Gasteiger partial charge in [0, 0.05) is 18.6 Å². The molecule has 140 valence electrons. The third-order valence-corrected chi connectivity index (χ3v) is 4.46. The lowest BCUT2D eigenvalue weighted by molar-refractivity contribution is 0.0494. The molecule has 1 N–H and O–H groups in total. The molecule has 1 aliphatic heterocycles. The van der Waals surface area contributed by atoms with Gasteiger partial charge in [0.05, 0.1) is 6.20 Å². The van der Waals surface area contributed by atoms with Gasteiger partial charge < -0.3 is 15.0 Å². The SMILES string of the molecule is C[C@@H]1C[C@H](NC(=O)OC(C)(C)C)CCN1c1cnc2nc(Cl)ccc2n1. The fourth-order valence-electron chi connectivity index (χ4n) is 3.13. The molecule has 1 amide bonds. The van der Waals surface area contributed by atoms with Crippen LogP contribution in [0, 0.1) is 0 Å². The van der Waals surface area contributed by atoms with Gasteiger partial charge in [0.15, 0.2) is 5.65 Å². The van der Waals surface area contributed by atoms with Gasteiger partial charge in [0.25, 0.3) is 0 Å². The number of carbonyl (C=O) groups excluding carboxylic acids is 1. The highest BCUT2D eigenvalue weighted by atomic mass is 35.5. The van der Waals surface area contributed by atoms with Crippen LogP contribution in [-0.2, 0) is 4.74 Å². The molecule has 2 atom stereocenters. The van der Waals surface area contributed by atoms with Crippen molar-refractivity contribution in [2.24, 2.45) is 0 Å². The number of hydrogen-bond acceptors (Lipinski definition) is 6. The number of nitrogens with one attached hydrogen (secondary N) is 1. The van der Waals surface area contributed by atoms with Crippen LogP contribution in [-0.4, -0.2) is 45.3 Å². The zero-order valence-electron chi connectivity index (χ0n) is 15.5. The molecule has 3 heterocycles. The number of halogens is 1. The van der Waals surface area contributed by atoms with Crippen LogP contribution in [0.2, 0.25) is 5.15 Å². The number of rotatable bonds is 2. The van der Waals surface area contributed by atoms with Gasteiger partial charge in [0.1, 0.15) is 22.1 Å². The summed E-state index contributed by atoms with van der Waals surface area (Å²) in [5.41, 5.74) is 0.761. The number of piperidine rings is 1. The first kappa shape index (κ1) is 18.6. The van der Waals surface area contributed by atoms with Gasteiger partial charge >= 0.3 is 6.09 Å². The Morgan fingerprint density at radius 1 is 1.35 bits per heavy atom. The number of anilines is 1. The molecule has 1 fully saturated rings. The van der Waals surface area contributed by atoms with Crippen LogP contribution < -0.4 is 10.2 Å². The number of fused-ring (bicyclic) bond motifs is 1. The Balaban J connectivity index is 1.65. The number of nitrogens with zero attached hydrogens (tertiary/aromatic N) is 4. The number of alkyl carbamates (subject to hydrolysis) is 1. The fourth-order valence-corrected chi connectivity index (χ4v) is 3.27. The minimum absolute atomic E-state index is 0.0880. The highest BCUT2D eigenvalue weighted by molar-refractivity contribution is 6.29. The van der Waals surface area contributed by atoms with E-state index in [9.17, 15) is 4.79 Å². The Morgan fingerprint density at radius 2 is 2.12 bits per heavy atom. The van der Waals surface area contributed by atoms with Gasteiger partial charge in [-0.1, -0.05) is 11.6 Å². The number of carbonyl (C=O) groups is 1. The van der Waals surface area contributed by atoms with E-state index in [2.05, 4.69) is 32.1 Å². The average Bonchev–Trinajstić information content (AvgIpc) is 2.52. The topological polar surface area (TPSA) is 80.2 Å². The van der Waals surface area contributed by atoms with E-state index in [4.69, 9.17) is 16.3 Å². The summed E-state index contributed by atoms with van der Waals surface area (Å²) < 4.78 is 5.34. The Morgan fingerprint density at radius 3 is 2.81 bits per heavy atom. The number of pyridine rings is 1. The molecule has 0 aliphatic carbocycles. The standard InChI is InChI=1S/C18H24ClN5O2/c1-11-9-12(21-17(25)26-18(2,3)4)7-8-24(11)15-10-20-16-13(22-15)5-6-14(19)23-16/h5-6,10-12H,7-9H2,1-4H3,(H,21,25)/t11-,12-/m1/s1. The Kier molecular flexibility index (Phi) is 5.18. The summed E-state index contributed by atoms with van der Waals surface area (Å²) in [5, 5.41) is 3.37. The van der Waals surface area contributed by atoms with Crippen LogP contribution in [0.3, 0.4) is 0 Å². The number of amides is 1. The van der Waals surface area contributed by atoms with Gasteiger partial charge in [-0.05, 0) is 52.7 Å². The molecule has 0 bridgehead atoms. The number of aromatic nitrogens is 3. The molecule has 0 aromatic carbocycles. The summed E-state index contributed by atoms with van der Waals surface area (Å²) in [7, 11) is 0. The summed E-state index contributed by atoms with van der Waals surface area (Å²) in [5.74, 6) is 0.810. The second kappa shape index (κ2) is 7.23. The molecule has 2 aromatic heterocycles. The van der Waals surface area contributed by atoms with Crippen molar-refractivity contribution in [2.45, 2.75) is 58.2 Å². The lowest BCUT2D eigenvalue weighted by Gasteiger charge is -2.38. The quantitative estimate of drug-likeness (QED) is 0.806. The maximum absolute atomic E-state index is 12.0. The maximum Gasteiger partial charge on any atom is 0.407 e. The van der Waals surface area contributed by atoms with Gasteiger partial charge in [0.2, 0.25) is 0 Å². The predicted octanol–water partition coefficient (Wildman–Crippen LogP) is 3.56. The lowest BCUT2D eigenvalue weighted by atomic mass is 9.98. The zero-order valence-corrected chi connectivity index (χ0v) is 16.2. The number of hydrogen-bond donors (Lipinski definition) is 1. The van der Waals surface area contributed by atoms with E-state index in [1.165, 1.54) is 0 Å². The minimum atomic E-state index is -0.492. The first-order valence-electron chi connectivity index (χ1n) is 8.77. The van der Waals surface area contributed by atoms with Crippen molar-refractivity contribution in [3.8, 4) is 0 Å². The molecule has 26 heavy (non-hydrogen) atoms. The van der Waals surface area contributed by atoms with E-state index >= 15 is 0 Å². The monoisotopic (exact) mass is 377 g/mol. The molecule has 3 rings (SSSR count). The van der Waals surface area contributed by atoms with Crippen molar-refractivity contribution in [2.75, 3.05) is 11.4 Å². The molecule has 7 nitrogen and oxygen atoms in total. The highest BCUT2D eigenvalue weighted by Crippen LogP contribution is 2.24. The molecule has 1 saturated heterocycles. The van der Waals surface area contributed by atoms with Gasteiger partial charge in [-0.25, -0.2) is 19.7 Å². The average molecular weight is 378 g/mol. The summed E-state index contributed by atoms with van der Waals surface area (Å²) >= 11 is 5.89. The molecule has 0 radical (unpaired) electrons. The highest BCUT2D eigenvalue weighted by Gasteiger charge is 2.29. The van der Waals surface area contributed by atoms with Crippen LogP contribution in [0.5, 0.6) is 0 Å². The third kappa shape index (κ3) is 4.52. The Hall–Kier alpha value is -2.15. The maximum atomic E-state index is 12.0. The van der Waals surface area contributed by atoms with Crippen LogP contribution >= 0.6 is 11.6 Å². The molecule has 0 unspecified atom stereocenters. The Labute approximate surface area is 158 Å². The second-order valence-electron chi connectivity index (χ2n) is 7.61. The molecule has 0 spiro atoms. The second-order valence-corrected chi connectivity index (χ2v) is 8.00. The van der Waals surface area contributed by atoms with Crippen molar-refractivity contribution in [3.05, 3.63) is 23.5 Å². The summed E-state index contributed by atoms with van der Waals surface area (Å²) in [6.07, 6.45) is 3.00. The van der Waals surface area contributed by atoms with E-state index in [1.807, 2.05) is 26.8 Å². The van der Waals surface area contributed by atoms with Crippen molar-refractivity contribution in [1.29, 1.82) is 0 Å². The largest absolute Gasteiger partial charge is 0.444 e. The van der Waals surface area contributed by atoms with Crippen molar-refractivity contribution in [3.63, 3.8) is 0 Å². The molecule has 1 aliphatic rings. The van der Waals surface area contributed by atoms with Gasteiger partial charge in [-0.3, -0.25) is 0 Å². The summed E-state index contributed by atoms with van der Waals surface area (Å²) in [6.45, 7) is 8.48. The first-order chi connectivity index (χ1) is 12.2. The smallest absolute Gasteiger partial charge is 0.407 e. The Bertz CT molecular complexity index is 808. The van der Waals surface area contributed by atoms with Crippen LogP contribution in [0.15, 0.2) is 18.3 Å². The molecule has 8 heteroatoms. The van der Waals surface area contributed by atoms with E-state index in [-0.39, 0.29) is 18.2 Å². The van der Waals surface area contributed by atoms with E-state index in [0.717, 1.165) is 25.2 Å². The predicted molar refractivity (Wildman–Crippen MR) is 102 cm³/mol.